The molecule has 0 fully saturated rings. The second kappa shape index (κ2) is 9.34. The van der Waals surface area contributed by atoms with Crippen molar-refractivity contribution in [3.05, 3.63) is 81.9 Å². The van der Waals surface area contributed by atoms with Crippen LogP contribution in [-0.2, 0) is 4.79 Å². The van der Waals surface area contributed by atoms with Gasteiger partial charge in [0.15, 0.2) is 5.65 Å². The number of benzene rings is 2. The number of fused-ring (bicyclic) bond motifs is 1. The number of aromatic nitrogens is 3. The Balaban J connectivity index is 1.99. The minimum atomic E-state index is -0.937. The van der Waals surface area contributed by atoms with Gasteiger partial charge in [-0.05, 0) is 48.9 Å². The number of para-hydroxylation sites is 1. The molecule has 4 rings (SSSR count). The largest absolute Gasteiger partial charge is 0.355 e. The highest BCUT2D eigenvalue weighted by Gasteiger charge is 2.20. The Morgan fingerprint density at radius 2 is 1.74 bits per heavy atom. The first kappa shape index (κ1) is 23.0. The minimum Gasteiger partial charge on any atom is -0.355 e. The van der Waals surface area contributed by atoms with Crippen molar-refractivity contribution in [2.45, 2.75) is 13.8 Å². The molecule has 0 aliphatic heterocycles. The molecule has 2 N–H and O–H groups in total. The lowest BCUT2D eigenvalue weighted by Gasteiger charge is -2.16. The first-order valence-corrected chi connectivity index (χ1v) is 10.4. The first-order valence-electron chi connectivity index (χ1n) is 10.4. The summed E-state index contributed by atoms with van der Waals surface area (Å²) < 4.78 is 43.9. The highest BCUT2D eigenvalue weighted by molar-refractivity contribution is 5.93. The molecule has 4 aromatic rings. The van der Waals surface area contributed by atoms with Gasteiger partial charge in [0, 0.05) is 37.0 Å². The van der Waals surface area contributed by atoms with E-state index in [1.807, 2.05) is 0 Å². The molecule has 1 amide bonds. The monoisotopic (exact) mass is 467 g/mol. The van der Waals surface area contributed by atoms with Crippen LogP contribution in [0.2, 0.25) is 0 Å². The van der Waals surface area contributed by atoms with Gasteiger partial charge in [-0.15, -0.1) is 0 Å². The van der Waals surface area contributed by atoms with E-state index in [0.29, 0.717) is 22.2 Å². The third-order valence-corrected chi connectivity index (χ3v) is 5.14. The summed E-state index contributed by atoms with van der Waals surface area (Å²) in [6, 6.07) is 10.1. The number of pyridine rings is 1. The molecule has 2 aromatic carbocycles. The van der Waals surface area contributed by atoms with E-state index < -0.39 is 28.7 Å². The number of rotatable bonds is 6. The smallest absolute Gasteiger partial charge is 0.256 e. The van der Waals surface area contributed by atoms with Crippen LogP contribution in [0.25, 0.3) is 28.0 Å². The Hall–Kier alpha value is -4.21. The van der Waals surface area contributed by atoms with Crippen LogP contribution in [0.5, 0.6) is 0 Å². The fourth-order valence-corrected chi connectivity index (χ4v) is 3.62. The summed E-state index contributed by atoms with van der Waals surface area (Å²) in [5.41, 5.74) is 0.170. The number of nitrogens with one attached hydrogen (secondary N) is 2. The lowest BCUT2D eigenvalue weighted by molar-refractivity contribution is -0.118. The normalized spacial score (nSPS) is 11.0. The van der Waals surface area contributed by atoms with Crippen molar-refractivity contribution < 1.29 is 18.0 Å². The van der Waals surface area contributed by atoms with Gasteiger partial charge in [-0.25, -0.2) is 18.2 Å². The van der Waals surface area contributed by atoms with Crippen molar-refractivity contribution in [3.63, 3.8) is 0 Å². The van der Waals surface area contributed by atoms with E-state index in [1.165, 1.54) is 43.3 Å². The van der Waals surface area contributed by atoms with Crippen LogP contribution in [-0.4, -0.2) is 33.5 Å². The minimum absolute atomic E-state index is 0.0350. The van der Waals surface area contributed by atoms with Crippen LogP contribution in [0.15, 0.2) is 53.3 Å². The molecule has 7 nitrogen and oxygen atoms in total. The SMILES string of the molecule is CC(=O)NCCNc1nc(-c2ccc(F)cc2C)c2ccc(=O)n(-c3c(F)cccc3F)c2n1. The Bertz CT molecular complexity index is 1450. The average molecular weight is 467 g/mol. The zero-order valence-corrected chi connectivity index (χ0v) is 18.3. The lowest BCUT2D eigenvalue weighted by atomic mass is 10.0. The van der Waals surface area contributed by atoms with Crippen LogP contribution in [0, 0.1) is 24.4 Å². The molecule has 10 heteroatoms. The summed E-state index contributed by atoms with van der Waals surface area (Å²) >= 11 is 0. The zero-order valence-electron chi connectivity index (χ0n) is 18.3. The molecule has 0 aliphatic rings. The molecule has 0 unspecified atom stereocenters. The highest BCUT2D eigenvalue weighted by Crippen LogP contribution is 2.31. The summed E-state index contributed by atoms with van der Waals surface area (Å²) in [5, 5.41) is 5.91. The van der Waals surface area contributed by atoms with E-state index in [0.717, 1.165) is 16.7 Å². The molecule has 0 spiro atoms. The molecule has 0 atom stereocenters. The van der Waals surface area contributed by atoms with E-state index >= 15 is 0 Å². The molecular weight excluding hydrogens is 447 g/mol. The van der Waals surface area contributed by atoms with E-state index in [2.05, 4.69) is 20.6 Å². The molecular formula is C24H20F3N5O2. The van der Waals surface area contributed by atoms with E-state index in [-0.39, 0.29) is 30.6 Å². The van der Waals surface area contributed by atoms with Crippen molar-refractivity contribution in [2.24, 2.45) is 0 Å². The fraction of sp³-hybridized carbons (Fsp3) is 0.167. The van der Waals surface area contributed by atoms with Gasteiger partial charge in [-0.2, -0.15) is 4.98 Å². The van der Waals surface area contributed by atoms with Crippen LogP contribution in [0.1, 0.15) is 12.5 Å². The second-order valence-electron chi connectivity index (χ2n) is 7.58. The number of aryl methyl sites for hydroxylation is 1. The number of amides is 1. The second-order valence-corrected chi connectivity index (χ2v) is 7.58. The zero-order chi connectivity index (χ0) is 24.4. The predicted molar refractivity (Wildman–Crippen MR) is 122 cm³/mol. The van der Waals surface area contributed by atoms with Crippen molar-refractivity contribution >= 4 is 22.9 Å². The highest BCUT2D eigenvalue weighted by atomic mass is 19.1. The number of hydrogen-bond acceptors (Lipinski definition) is 5. The third kappa shape index (κ3) is 4.47. The summed E-state index contributed by atoms with van der Waals surface area (Å²) in [6.07, 6.45) is 0. The number of anilines is 1. The van der Waals surface area contributed by atoms with Crippen LogP contribution >= 0.6 is 0 Å². The van der Waals surface area contributed by atoms with Gasteiger partial charge >= 0.3 is 0 Å². The molecule has 0 aliphatic carbocycles. The number of carbonyl (C=O) groups is 1. The molecule has 2 aromatic heterocycles. The molecule has 0 radical (unpaired) electrons. The third-order valence-electron chi connectivity index (χ3n) is 5.14. The quantitative estimate of drug-likeness (QED) is 0.422. The van der Waals surface area contributed by atoms with Crippen LogP contribution in [0.4, 0.5) is 19.1 Å². The van der Waals surface area contributed by atoms with Gasteiger partial charge in [-0.3, -0.25) is 14.2 Å². The van der Waals surface area contributed by atoms with Gasteiger partial charge in [0.05, 0.1) is 5.69 Å². The molecule has 34 heavy (non-hydrogen) atoms. The Labute approximate surface area is 192 Å². The summed E-state index contributed by atoms with van der Waals surface area (Å²) in [6.45, 7) is 3.59. The summed E-state index contributed by atoms with van der Waals surface area (Å²) in [5.74, 6) is -2.46. The van der Waals surface area contributed by atoms with Gasteiger partial charge in [0.25, 0.3) is 5.56 Å². The standard InChI is InChI=1S/C24H20F3N5O2/c1-13-12-15(25)6-7-16(13)21-17-8-9-20(34)32(22-18(26)4-3-5-19(22)27)23(17)31-24(30-21)29-11-10-28-14(2)33/h3-9,12H,10-11H2,1-2H3,(H,28,33)(H,29,30,31). The van der Waals surface area contributed by atoms with Crippen LogP contribution in [0.3, 0.4) is 0 Å². The topological polar surface area (TPSA) is 88.9 Å². The van der Waals surface area contributed by atoms with Gasteiger partial charge in [0.1, 0.15) is 23.1 Å². The maximum absolute atomic E-state index is 14.7. The first-order chi connectivity index (χ1) is 16.3. The Morgan fingerprint density at radius 3 is 2.41 bits per heavy atom. The molecule has 0 saturated carbocycles. The molecule has 0 bridgehead atoms. The lowest BCUT2D eigenvalue weighted by Crippen LogP contribution is -2.27. The Morgan fingerprint density at radius 1 is 1.00 bits per heavy atom. The molecule has 0 saturated heterocycles. The van der Waals surface area contributed by atoms with E-state index in [4.69, 9.17) is 0 Å². The molecule has 174 valence electrons. The average Bonchev–Trinajstić information content (AvgIpc) is 2.77. The summed E-state index contributed by atoms with van der Waals surface area (Å²) in [4.78, 5) is 32.8. The number of hydrogen-bond donors (Lipinski definition) is 2. The van der Waals surface area contributed by atoms with E-state index in [1.54, 1.807) is 6.92 Å². The summed E-state index contributed by atoms with van der Waals surface area (Å²) in [7, 11) is 0. The van der Waals surface area contributed by atoms with Crippen molar-refractivity contribution in [3.8, 4) is 16.9 Å². The fourth-order valence-electron chi connectivity index (χ4n) is 3.62. The number of halogens is 3. The van der Waals surface area contributed by atoms with Crippen LogP contribution < -0.4 is 16.2 Å². The van der Waals surface area contributed by atoms with Gasteiger partial charge in [-0.1, -0.05) is 6.07 Å². The number of carbonyl (C=O) groups excluding carboxylic acids is 1. The predicted octanol–water partition coefficient (Wildman–Crippen LogP) is 3.72. The molecule has 2 heterocycles. The number of nitrogens with zero attached hydrogens (tertiary/aromatic N) is 3. The van der Waals surface area contributed by atoms with Crippen molar-refractivity contribution in [1.82, 2.24) is 19.9 Å². The van der Waals surface area contributed by atoms with Gasteiger partial charge in [0.2, 0.25) is 11.9 Å². The van der Waals surface area contributed by atoms with Crippen molar-refractivity contribution in [1.29, 1.82) is 0 Å². The Kier molecular flexibility index (Phi) is 6.31. The maximum atomic E-state index is 14.7. The maximum Gasteiger partial charge on any atom is 0.256 e. The van der Waals surface area contributed by atoms with E-state index in [9.17, 15) is 22.8 Å². The van der Waals surface area contributed by atoms with Gasteiger partial charge < -0.3 is 10.6 Å². The van der Waals surface area contributed by atoms with Crippen molar-refractivity contribution in [2.75, 3.05) is 18.4 Å².